The number of amides is 1. The molecule has 0 saturated carbocycles. The fourth-order valence-corrected chi connectivity index (χ4v) is 2.70. The maximum absolute atomic E-state index is 11.7. The Hall–Kier alpha value is -1.01. The van der Waals surface area contributed by atoms with Crippen LogP contribution in [0.2, 0.25) is 0 Å². The molecule has 0 radical (unpaired) electrons. The summed E-state index contributed by atoms with van der Waals surface area (Å²) in [4.78, 5) is 24.3. The number of aliphatic carboxylic acids is 1. The van der Waals surface area contributed by atoms with Gasteiger partial charge in [-0.2, -0.15) is 0 Å². The maximum atomic E-state index is 11.7. The third-order valence-corrected chi connectivity index (χ3v) is 3.72. The molecular formula is C9H11NO4S. The zero-order chi connectivity index (χ0) is 11.4. The zero-order valence-electron chi connectivity index (χ0n) is 8.14. The zero-order valence-corrected chi connectivity index (χ0v) is 8.95. The lowest BCUT2D eigenvalue weighted by molar-refractivity contribution is -0.178. The second-order valence-corrected chi connectivity index (χ2v) is 4.74. The highest BCUT2D eigenvalue weighted by molar-refractivity contribution is 7.80. The SMILES string of the molecule is CC1(CO)C(=O)N2C(C(=O)O)C(=S)CC21. The largest absolute Gasteiger partial charge is 0.479 e. The van der Waals surface area contributed by atoms with Gasteiger partial charge in [0.15, 0.2) is 6.04 Å². The summed E-state index contributed by atoms with van der Waals surface area (Å²) >= 11 is 4.96. The predicted molar refractivity (Wildman–Crippen MR) is 54.5 cm³/mol. The van der Waals surface area contributed by atoms with E-state index < -0.39 is 17.4 Å². The van der Waals surface area contributed by atoms with Crippen LogP contribution in [0.5, 0.6) is 0 Å². The maximum Gasteiger partial charge on any atom is 0.331 e. The van der Waals surface area contributed by atoms with E-state index in [4.69, 9.17) is 22.4 Å². The van der Waals surface area contributed by atoms with E-state index in [2.05, 4.69) is 0 Å². The Morgan fingerprint density at radius 2 is 2.33 bits per heavy atom. The number of fused-ring (bicyclic) bond motifs is 1. The number of carboxylic acid groups (broad SMARTS) is 1. The van der Waals surface area contributed by atoms with Crippen LogP contribution in [0.4, 0.5) is 0 Å². The van der Waals surface area contributed by atoms with Crippen molar-refractivity contribution in [2.24, 2.45) is 5.41 Å². The summed E-state index contributed by atoms with van der Waals surface area (Å²) in [6.45, 7) is 1.38. The Balaban J connectivity index is 2.31. The Kier molecular flexibility index (Phi) is 2.09. The molecule has 2 heterocycles. The predicted octanol–water partition coefficient (Wildman–Crippen LogP) is -0.577. The van der Waals surface area contributed by atoms with E-state index in [1.165, 1.54) is 4.90 Å². The van der Waals surface area contributed by atoms with Crippen molar-refractivity contribution >= 4 is 29.0 Å². The van der Waals surface area contributed by atoms with Gasteiger partial charge in [-0.1, -0.05) is 12.2 Å². The normalized spacial score (nSPS) is 38.9. The van der Waals surface area contributed by atoms with Crippen LogP contribution >= 0.6 is 12.2 Å². The van der Waals surface area contributed by atoms with Gasteiger partial charge < -0.3 is 15.1 Å². The second-order valence-electron chi connectivity index (χ2n) is 4.22. The van der Waals surface area contributed by atoms with Crippen LogP contribution in [0.25, 0.3) is 0 Å². The minimum absolute atomic E-state index is 0.247. The Morgan fingerprint density at radius 1 is 1.73 bits per heavy atom. The Morgan fingerprint density at radius 3 is 2.80 bits per heavy atom. The minimum Gasteiger partial charge on any atom is -0.479 e. The molecule has 2 aliphatic rings. The highest BCUT2D eigenvalue weighted by atomic mass is 32.1. The van der Waals surface area contributed by atoms with Crippen molar-refractivity contribution in [3.63, 3.8) is 0 Å². The van der Waals surface area contributed by atoms with Crippen molar-refractivity contribution in [2.75, 3.05) is 6.61 Å². The molecule has 2 N–H and O–H groups in total. The molecule has 3 unspecified atom stereocenters. The summed E-state index contributed by atoms with van der Waals surface area (Å²) in [7, 11) is 0. The van der Waals surface area contributed by atoms with E-state index in [0.717, 1.165) is 0 Å². The van der Waals surface area contributed by atoms with Crippen LogP contribution in [0.15, 0.2) is 0 Å². The van der Waals surface area contributed by atoms with Gasteiger partial charge in [0, 0.05) is 11.3 Å². The first-order chi connectivity index (χ1) is 6.93. The van der Waals surface area contributed by atoms with Gasteiger partial charge in [0.25, 0.3) is 0 Å². The molecule has 1 amide bonds. The van der Waals surface area contributed by atoms with Crippen molar-refractivity contribution < 1.29 is 19.8 Å². The molecule has 3 atom stereocenters. The third kappa shape index (κ3) is 1.09. The first-order valence-corrected chi connectivity index (χ1v) is 5.03. The Bertz CT molecular complexity index is 369. The number of nitrogens with zero attached hydrogens (tertiary/aromatic N) is 1. The number of aliphatic hydroxyl groups is 1. The molecule has 6 heteroatoms. The average Bonchev–Trinajstić information content (AvgIpc) is 2.52. The fourth-order valence-electron chi connectivity index (χ4n) is 2.33. The van der Waals surface area contributed by atoms with Gasteiger partial charge in [0.1, 0.15) is 0 Å². The lowest BCUT2D eigenvalue weighted by Crippen LogP contribution is -2.69. The van der Waals surface area contributed by atoms with E-state index in [1.807, 2.05) is 0 Å². The summed E-state index contributed by atoms with van der Waals surface area (Å²) in [6, 6.07) is -1.22. The van der Waals surface area contributed by atoms with E-state index in [1.54, 1.807) is 6.92 Å². The quantitative estimate of drug-likeness (QED) is 0.489. The number of carbonyl (C=O) groups excluding carboxylic acids is 1. The standard InChI is InChI=1S/C9H11NO4S/c1-9(3-11)5-2-4(15)6(7(12)13)10(5)8(9)14/h5-6,11H,2-3H2,1H3,(H,12,13). The molecule has 0 spiro atoms. The van der Waals surface area contributed by atoms with Gasteiger partial charge in [-0.05, 0) is 6.92 Å². The highest BCUT2D eigenvalue weighted by Gasteiger charge is 2.64. The molecule has 2 rings (SSSR count). The number of rotatable bonds is 2. The van der Waals surface area contributed by atoms with Gasteiger partial charge in [-0.15, -0.1) is 0 Å². The summed E-state index contributed by atoms with van der Waals surface area (Å²) in [5, 5.41) is 18.1. The smallest absolute Gasteiger partial charge is 0.331 e. The molecule has 2 saturated heterocycles. The van der Waals surface area contributed by atoms with Crippen molar-refractivity contribution in [1.82, 2.24) is 4.90 Å². The molecule has 2 aliphatic heterocycles. The van der Waals surface area contributed by atoms with Crippen LogP contribution in [0, 0.1) is 5.41 Å². The van der Waals surface area contributed by atoms with Crippen molar-refractivity contribution in [3.05, 3.63) is 0 Å². The Labute approximate surface area is 91.7 Å². The van der Waals surface area contributed by atoms with Gasteiger partial charge >= 0.3 is 5.97 Å². The number of hydrogen-bond donors (Lipinski definition) is 2. The number of hydrogen-bond acceptors (Lipinski definition) is 4. The van der Waals surface area contributed by atoms with E-state index in [0.29, 0.717) is 11.3 Å². The molecular weight excluding hydrogens is 218 g/mol. The summed E-state index contributed by atoms with van der Waals surface area (Å²) in [6.07, 6.45) is 0.398. The molecule has 2 fully saturated rings. The molecule has 0 bridgehead atoms. The number of aliphatic hydroxyl groups excluding tert-OH is 1. The molecule has 0 aliphatic carbocycles. The molecule has 0 aromatic heterocycles. The van der Waals surface area contributed by atoms with E-state index in [-0.39, 0.29) is 18.6 Å². The highest BCUT2D eigenvalue weighted by Crippen LogP contribution is 2.46. The average molecular weight is 229 g/mol. The molecule has 0 aromatic carbocycles. The lowest BCUT2D eigenvalue weighted by Gasteiger charge is -2.51. The number of carbonyl (C=O) groups is 2. The molecule has 0 aromatic rings. The number of carboxylic acids is 1. The fraction of sp³-hybridized carbons (Fsp3) is 0.667. The van der Waals surface area contributed by atoms with Crippen LogP contribution in [-0.2, 0) is 9.59 Å². The van der Waals surface area contributed by atoms with Crippen molar-refractivity contribution in [3.8, 4) is 0 Å². The second kappa shape index (κ2) is 2.99. The topological polar surface area (TPSA) is 77.8 Å². The van der Waals surface area contributed by atoms with Crippen LogP contribution in [0.3, 0.4) is 0 Å². The van der Waals surface area contributed by atoms with E-state index in [9.17, 15) is 9.59 Å². The summed E-state index contributed by atoms with van der Waals surface area (Å²) < 4.78 is 0. The molecule has 5 nitrogen and oxygen atoms in total. The third-order valence-electron chi connectivity index (χ3n) is 3.33. The van der Waals surface area contributed by atoms with Gasteiger partial charge in [0.2, 0.25) is 5.91 Å². The number of β-lactam (4-membered cyclic amide) rings is 1. The van der Waals surface area contributed by atoms with Gasteiger partial charge in [-0.3, -0.25) is 4.79 Å². The minimum atomic E-state index is -1.09. The molecule has 82 valence electrons. The van der Waals surface area contributed by atoms with E-state index >= 15 is 0 Å². The first-order valence-electron chi connectivity index (χ1n) is 4.62. The number of thiocarbonyl (C=S) groups is 1. The monoisotopic (exact) mass is 229 g/mol. The summed E-state index contributed by atoms with van der Waals surface area (Å²) in [5.41, 5.74) is -0.839. The van der Waals surface area contributed by atoms with Gasteiger partial charge in [0.05, 0.1) is 18.1 Å². The first kappa shape index (κ1) is 10.5. The van der Waals surface area contributed by atoms with Gasteiger partial charge in [-0.25, -0.2) is 4.79 Å². The van der Waals surface area contributed by atoms with Crippen LogP contribution in [-0.4, -0.2) is 50.5 Å². The lowest BCUT2D eigenvalue weighted by atomic mass is 9.73. The van der Waals surface area contributed by atoms with Crippen molar-refractivity contribution in [2.45, 2.75) is 25.4 Å². The van der Waals surface area contributed by atoms with Crippen LogP contribution < -0.4 is 0 Å². The summed E-state index contributed by atoms with van der Waals surface area (Å²) in [5.74, 6) is -1.40. The van der Waals surface area contributed by atoms with Crippen LogP contribution in [0.1, 0.15) is 13.3 Å². The van der Waals surface area contributed by atoms with Crippen molar-refractivity contribution in [1.29, 1.82) is 0 Å². The molecule has 15 heavy (non-hydrogen) atoms.